The summed E-state index contributed by atoms with van der Waals surface area (Å²) in [5, 5.41) is 9.05. The maximum atomic E-state index is 12.4. The Morgan fingerprint density at radius 3 is 2.70 bits per heavy atom. The molecule has 0 heterocycles. The maximum absolute atomic E-state index is 12.4. The Morgan fingerprint density at radius 2 is 2.20 bits per heavy atom. The van der Waals surface area contributed by atoms with Crippen molar-refractivity contribution < 1.29 is 9.50 Å². The Balaban J connectivity index is 3.09. The zero-order valence-electron chi connectivity index (χ0n) is 5.47. The van der Waals surface area contributed by atoms with Crippen LogP contribution in [0.1, 0.15) is 0 Å². The van der Waals surface area contributed by atoms with Gasteiger partial charge in [0.25, 0.3) is 0 Å². The van der Waals surface area contributed by atoms with Gasteiger partial charge in [0, 0.05) is 0 Å². The van der Waals surface area contributed by atoms with Crippen LogP contribution in [0, 0.1) is 5.82 Å². The summed E-state index contributed by atoms with van der Waals surface area (Å²) >= 11 is 1.32. The molecule has 0 spiro atoms. The first kappa shape index (κ1) is 7.41. The molecule has 1 rings (SSSR count). The van der Waals surface area contributed by atoms with Crippen molar-refractivity contribution in [1.29, 1.82) is 0 Å². The summed E-state index contributed by atoms with van der Waals surface area (Å²) in [7, 11) is 0. The number of phenolic OH excluding ortho intramolecular Hbond substituents is 1. The fourth-order valence-electron chi connectivity index (χ4n) is 0.651. The fraction of sp³-hybridized carbons (Fsp3) is 0.143. The second-order valence-electron chi connectivity index (χ2n) is 1.82. The second-order valence-corrected chi connectivity index (χ2v) is 2.66. The van der Waals surface area contributed by atoms with Gasteiger partial charge in [-0.3, -0.25) is 0 Å². The average Bonchev–Trinajstić information content (AvgIpc) is 1.94. The monoisotopic (exact) mass is 158 g/mol. The van der Waals surface area contributed by atoms with Gasteiger partial charge in [0.15, 0.2) is 0 Å². The van der Waals surface area contributed by atoms with E-state index in [-0.39, 0.29) is 11.6 Å². The highest BCUT2D eigenvalue weighted by molar-refractivity contribution is 7.98. The molecule has 0 atom stereocenters. The van der Waals surface area contributed by atoms with Crippen molar-refractivity contribution in [3.8, 4) is 5.75 Å². The van der Waals surface area contributed by atoms with Gasteiger partial charge < -0.3 is 5.11 Å². The molecule has 0 amide bonds. The van der Waals surface area contributed by atoms with Gasteiger partial charge in [-0.2, -0.15) is 0 Å². The topological polar surface area (TPSA) is 20.2 Å². The van der Waals surface area contributed by atoms with E-state index in [1.54, 1.807) is 6.26 Å². The number of hydrogen-bond donors (Lipinski definition) is 1. The zero-order valence-corrected chi connectivity index (χ0v) is 6.28. The molecule has 0 bridgehead atoms. The molecule has 0 radical (unpaired) electrons. The van der Waals surface area contributed by atoms with E-state index in [4.69, 9.17) is 5.11 Å². The first-order valence-electron chi connectivity index (χ1n) is 2.76. The standard InChI is InChI=1S/C7H7FOS/c1-10-7-4-5(8)2-3-6(7)9/h2-4,9H,1H3. The molecule has 0 aliphatic carbocycles. The van der Waals surface area contributed by atoms with Crippen molar-refractivity contribution in [3.63, 3.8) is 0 Å². The highest BCUT2D eigenvalue weighted by atomic mass is 32.2. The third-order valence-electron chi connectivity index (χ3n) is 1.14. The normalized spacial score (nSPS) is 9.80. The van der Waals surface area contributed by atoms with E-state index in [0.29, 0.717) is 4.90 Å². The second kappa shape index (κ2) is 2.92. The summed E-state index contributed by atoms with van der Waals surface area (Å²) in [6.45, 7) is 0. The predicted octanol–water partition coefficient (Wildman–Crippen LogP) is 2.25. The number of benzene rings is 1. The van der Waals surface area contributed by atoms with Crippen molar-refractivity contribution >= 4 is 11.8 Å². The maximum Gasteiger partial charge on any atom is 0.129 e. The molecule has 10 heavy (non-hydrogen) atoms. The van der Waals surface area contributed by atoms with Gasteiger partial charge in [-0.1, -0.05) is 0 Å². The third-order valence-corrected chi connectivity index (χ3v) is 1.91. The van der Waals surface area contributed by atoms with E-state index < -0.39 is 0 Å². The van der Waals surface area contributed by atoms with Gasteiger partial charge in [0.1, 0.15) is 11.6 Å². The van der Waals surface area contributed by atoms with Crippen molar-refractivity contribution in [2.45, 2.75) is 4.90 Å². The first-order valence-corrected chi connectivity index (χ1v) is 3.99. The van der Waals surface area contributed by atoms with E-state index in [9.17, 15) is 4.39 Å². The molecule has 0 saturated heterocycles. The molecule has 1 nitrogen and oxygen atoms in total. The van der Waals surface area contributed by atoms with Crippen LogP contribution >= 0.6 is 11.8 Å². The Bertz CT molecular complexity index is 237. The van der Waals surface area contributed by atoms with Gasteiger partial charge >= 0.3 is 0 Å². The number of thioether (sulfide) groups is 1. The van der Waals surface area contributed by atoms with Gasteiger partial charge in [0.2, 0.25) is 0 Å². The lowest BCUT2D eigenvalue weighted by Gasteiger charge is -1.98. The zero-order chi connectivity index (χ0) is 7.56. The molecule has 0 saturated carbocycles. The quantitative estimate of drug-likeness (QED) is 0.632. The first-order chi connectivity index (χ1) is 4.74. The molecule has 1 N–H and O–H groups in total. The molecule has 0 aromatic heterocycles. The van der Waals surface area contributed by atoms with Crippen molar-refractivity contribution in [3.05, 3.63) is 24.0 Å². The Kier molecular flexibility index (Phi) is 2.17. The van der Waals surface area contributed by atoms with Crippen LogP contribution in [-0.4, -0.2) is 11.4 Å². The predicted molar refractivity (Wildman–Crippen MR) is 39.8 cm³/mol. The molecule has 1 aromatic carbocycles. The lowest BCUT2D eigenvalue weighted by atomic mass is 10.3. The minimum Gasteiger partial charge on any atom is -0.507 e. The largest absolute Gasteiger partial charge is 0.507 e. The lowest BCUT2D eigenvalue weighted by molar-refractivity contribution is 0.459. The van der Waals surface area contributed by atoms with Gasteiger partial charge in [-0.05, 0) is 24.5 Å². The van der Waals surface area contributed by atoms with Crippen LogP contribution in [-0.2, 0) is 0 Å². The fourth-order valence-corrected chi connectivity index (χ4v) is 1.16. The van der Waals surface area contributed by atoms with E-state index in [0.717, 1.165) is 0 Å². The highest BCUT2D eigenvalue weighted by Gasteiger charge is 1.99. The van der Waals surface area contributed by atoms with E-state index >= 15 is 0 Å². The summed E-state index contributed by atoms with van der Waals surface area (Å²) in [5.41, 5.74) is 0. The smallest absolute Gasteiger partial charge is 0.129 e. The minimum atomic E-state index is -0.317. The summed E-state index contributed by atoms with van der Waals surface area (Å²) < 4.78 is 12.4. The molecule has 3 heteroatoms. The summed E-state index contributed by atoms with van der Waals surface area (Å²) in [4.78, 5) is 0.569. The summed E-state index contributed by atoms with van der Waals surface area (Å²) in [5.74, 6) is -0.184. The van der Waals surface area contributed by atoms with Crippen LogP contribution in [0.5, 0.6) is 5.75 Å². The minimum absolute atomic E-state index is 0.133. The van der Waals surface area contributed by atoms with Gasteiger partial charge in [0.05, 0.1) is 4.90 Å². The molecule has 0 unspecified atom stereocenters. The number of halogens is 1. The molecule has 0 aliphatic rings. The molecule has 1 aromatic rings. The molecule has 54 valence electrons. The Labute approximate surface area is 62.9 Å². The SMILES string of the molecule is CSc1cc(F)ccc1O. The average molecular weight is 158 g/mol. The number of rotatable bonds is 1. The number of hydrogen-bond acceptors (Lipinski definition) is 2. The highest BCUT2D eigenvalue weighted by Crippen LogP contribution is 2.26. The van der Waals surface area contributed by atoms with Crippen LogP contribution in [0.15, 0.2) is 23.1 Å². The lowest BCUT2D eigenvalue weighted by Crippen LogP contribution is -1.75. The third kappa shape index (κ3) is 1.42. The van der Waals surface area contributed by atoms with E-state index in [2.05, 4.69) is 0 Å². The molecular formula is C7H7FOS. The summed E-state index contributed by atoms with van der Waals surface area (Å²) in [6, 6.07) is 3.89. The van der Waals surface area contributed by atoms with Crippen LogP contribution in [0.3, 0.4) is 0 Å². The van der Waals surface area contributed by atoms with Crippen molar-refractivity contribution in [2.75, 3.05) is 6.26 Å². The van der Waals surface area contributed by atoms with Crippen LogP contribution in [0.2, 0.25) is 0 Å². The van der Waals surface area contributed by atoms with Crippen LogP contribution in [0.4, 0.5) is 4.39 Å². The molecule has 0 fully saturated rings. The number of aromatic hydroxyl groups is 1. The van der Waals surface area contributed by atoms with Crippen molar-refractivity contribution in [2.24, 2.45) is 0 Å². The van der Waals surface area contributed by atoms with Gasteiger partial charge in [-0.15, -0.1) is 11.8 Å². The van der Waals surface area contributed by atoms with Crippen molar-refractivity contribution in [1.82, 2.24) is 0 Å². The summed E-state index contributed by atoms with van der Waals surface area (Å²) in [6.07, 6.45) is 1.79. The molecule has 0 aliphatic heterocycles. The molecular weight excluding hydrogens is 151 g/mol. The van der Waals surface area contributed by atoms with E-state index in [1.807, 2.05) is 0 Å². The Hall–Kier alpha value is -0.700. The Morgan fingerprint density at radius 1 is 1.50 bits per heavy atom. The van der Waals surface area contributed by atoms with E-state index in [1.165, 1.54) is 30.0 Å². The van der Waals surface area contributed by atoms with Crippen LogP contribution < -0.4 is 0 Å². The number of phenols is 1. The van der Waals surface area contributed by atoms with Crippen LogP contribution in [0.25, 0.3) is 0 Å². The van der Waals surface area contributed by atoms with Gasteiger partial charge in [-0.25, -0.2) is 4.39 Å².